The summed E-state index contributed by atoms with van der Waals surface area (Å²) in [7, 11) is 0. The van der Waals surface area contributed by atoms with E-state index in [-0.39, 0.29) is 5.11 Å². The molecule has 0 amide bonds. The van der Waals surface area contributed by atoms with Crippen molar-refractivity contribution in [2.24, 2.45) is 10.8 Å². The molecular formula is C10H10BrN3OS. The van der Waals surface area contributed by atoms with E-state index in [1.807, 2.05) is 12.1 Å². The van der Waals surface area contributed by atoms with Crippen LogP contribution in [0.3, 0.4) is 0 Å². The maximum atomic E-state index is 5.48. The number of hydrazone groups is 1. The van der Waals surface area contributed by atoms with Gasteiger partial charge in [0.05, 0.1) is 17.3 Å². The minimum Gasteiger partial charge on any atom is -0.492 e. The fourth-order valence-electron chi connectivity index (χ4n) is 1.53. The zero-order valence-electron chi connectivity index (χ0n) is 8.37. The lowest BCUT2D eigenvalue weighted by Gasteiger charge is -2.03. The maximum Gasteiger partial charge on any atom is 0.184 e. The summed E-state index contributed by atoms with van der Waals surface area (Å²) in [6, 6.07) is 3.98. The molecule has 84 valence electrons. The molecule has 0 aromatic heterocycles. The molecule has 1 aromatic rings. The van der Waals surface area contributed by atoms with Gasteiger partial charge in [0.15, 0.2) is 5.11 Å². The number of hydrogen-bond donors (Lipinski definition) is 2. The van der Waals surface area contributed by atoms with Gasteiger partial charge in [-0.15, -0.1) is 0 Å². The number of halogens is 1. The van der Waals surface area contributed by atoms with E-state index in [0.717, 1.165) is 28.8 Å². The fourth-order valence-corrected chi connectivity index (χ4v) is 2.22. The number of nitrogens with zero attached hydrogens (tertiary/aromatic N) is 1. The molecule has 4 nitrogen and oxygen atoms in total. The van der Waals surface area contributed by atoms with Crippen LogP contribution in [0.25, 0.3) is 0 Å². The van der Waals surface area contributed by atoms with Gasteiger partial charge in [-0.05, 0) is 51.4 Å². The molecule has 0 atom stereocenters. The summed E-state index contributed by atoms with van der Waals surface area (Å²) in [5, 5.41) is 4.06. The van der Waals surface area contributed by atoms with Crippen LogP contribution in [-0.2, 0) is 6.42 Å². The molecule has 0 spiro atoms. The van der Waals surface area contributed by atoms with Crippen molar-refractivity contribution in [3.63, 3.8) is 0 Å². The summed E-state index contributed by atoms with van der Waals surface area (Å²) >= 11 is 8.10. The van der Waals surface area contributed by atoms with E-state index in [1.165, 1.54) is 5.56 Å². The molecule has 0 saturated heterocycles. The van der Waals surface area contributed by atoms with Crippen LogP contribution in [0.2, 0.25) is 0 Å². The number of benzene rings is 1. The van der Waals surface area contributed by atoms with Gasteiger partial charge >= 0.3 is 0 Å². The van der Waals surface area contributed by atoms with Crippen LogP contribution in [0, 0.1) is 0 Å². The Hall–Kier alpha value is -1.14. The molecule has 0 bridgehead atoms. The molecule has 0 unspecified atom stereocenters. The molecule has 0 fully saturated rings. The van der Waals surface area contributed by atoms with Crippen molar-refractivity contribution in [1.82, 2.24) is 5.43 Å². The third-order valence-corrected chi connectivity index (χ3v) is 2.83. The topological polar surface area (TPSA) is 59.6 Å². The Morgan fingerprint density at radius 1 is 1.62 bits per heavy atom. The second kappa shape index (κ2) is 4.80. The van der Waals surface area contributed by atoms with Gasteiger partial charge < -0.3 is 10.5 Å². The molecule has 3 N–H and O–H groups in total. The number of hydrogen-bond acceptors (Lipinski definition) is 3. The molecule has 1 aliphatic heterocycles. The third kappa shape index (κ3) is 2.51. The van der Waals surface area contributed by atoms with Gasteiger partial charge in [0.2, 0.25) is 0 Å². The monoisotopic (exact) mass is 299 g/mol. The van der Waals surface area contributed by atoms with Crippen LogP contribution < -0.4 is 15.9 Å². The van der Waals surface area contributed by atoms with Crippen molar-refractivity contribution >= 4 is 39.5 Å². The van der Waals surface area contributed by atoms with E-state index in [2.05, 4.69) is 38.7 Å². The van der Waals surface area contributed by atoms with Crippen molar-refractivity contribution in [3.8, 4) is 5.75 Å². The average Bonchev–Trinajstić information content (AvgIpc) is 2.65. The lowest BCUT2D eigenvalue weighted by atomic mass is 10.1. The summed E-state index contributed by atoms with van der Waals surface area (Å²) in [4.78, 5) is 0. The predicted octanol–water partition coefficient (Wildman–Crippen LogP) is 1.55. The quantitative estimate of drug-likeness (QED) is 0.494. The molecule has 0 saturated carbocycles. The molecule has 1 heterocycles. The van der Waals surface area contributed by atoms with Crippen molar-refractivity contribution in [2.45, 2.75) is 6.42 Å². The summed E-state index contributed by atoms with van der Waals surface area (Å²) in [6.07, 6.45) is 2.60. The van der Waals surface area contributed by atoms with Crippen LogP contribution in [0.4, 0.5) is 0 Å². The highest BCUT2D eigenvalue weighted by atomic mass is 79.9. The van der Waals surface area contributed by atoms with Crippen molar-refractivity contribution in [2.75, 3.05) is 6.61 Å². The zero-order valence-corrected chi connectivity index (χ0v) is 10.8. The molecule has 2 rings (SSSR count). The predicted molar refractivity (Wildman–Crippen MR) is 70.9 cm³/mol. The van der Waals surface area contributed by atoms with Crippen molar-refractivity contribution < 1.29 is 4.74 Å². The normalized spacial score (nSPS) is 13.6. The molecule has 1 aliphatic rings. The highest BCUT2D eigenvalue weighted by Gasteiger charge is 2.15. The largest absolute Gasteiger partial charge is 0.492 e. The molecule has 6 heteroatoms. The Bertz CT molecular complexity index is 462. The standard InChI is InChI=1S/C10H10BrN3OS/c11-8-4-6(5-13-14-10(12)16)3-7-1-2-15-9(7)8/h3-5H,1-2H2,(H3,12,14,16). The lowest BCUT2D eigenvalue weighted by Crippen LogP contribution is -2.23. The first kappa shape index (κ1) is 11.3. The summed E-state index contributed by atoms with van der Waals surface area (Å²) in [6.45, 7) is 0.736. The average molecular weight is 300 g/mol. The van der Waals surface area contributed by atoms with E-state index < -0.39 is 0 Å². The minimum atomic E-state index is 0.153. The number of ether oxygens (including phenoxy) is 1. The van der Waals surface area contributed by atoms with E-state index in [0.29, 0.717) is 0 Å². The smallest absolute Gasteiger partial charge is 0.184 e. The van der Waals surface area contributed by atoms with Crippen LogP contribution in [0.1, 0.15) is 11.1 Å². The number of thiocarbonyl (C=S) groups is 1. The first-order chi connectivity index (χ1) is 7.66. The van der Waals surface area contributed by atoms with Gasteiger partial charge in [0.25, 0.3) is 0 Å². The first-order valence-corrected chi connectivity index (χ1v) is 5.90. The van der Waals surface area contributed by atoms with E-state index in [9.17, 15) is 0 Å². The molecule has 0 aliphatic carbocycles. The van der Waals surface area contributed by atoms with Crippen LogP contribution in [0.15, 0.2) is 21.7 Å². The summed E-state index contributed by atoms with van der Waals surface area (Å²) in [5.41, 5.74) is 9.93. The third-order valence-electron chi connectivity index (χ3n) is 2.15. The van der Waals surface area contributed by atoms with Gasteiger partial charge in [0, 0.05) is 6.42 Å². The molecular weight excluding hydrogens is 290 g/mol. The number of nitrogens with one attached hydrogen (secondary N) is 1. The highest BCUT2D eigenvalue weighted by Crippen LogP contribution is 2.34. The van der Waals surface area contributed by atoms with Crippen LogP contribution in [-0.4, -0.2) is 17.9 Å². The Morgan fingerprint density at radius 3 is 3.19 bits per heavy atom. The van der Waals surface area contributed by atoms with Crippen LogP contribution in [0.5, 0.6) is 5.75 Å². The Balaban J connectivity index is 2.20. The summed E-state index contributed by atoms with van der Waals surface area (Å²) in [5.74, 6) is 0.930. The number of nitrogens with two attached hydrogens (primary N) is 1. The minimum absolute atomic E-state index is 0.153. The lowest BCUT2D eigenvalue weighted by molar-refractivity contribution is 0.355. The molecule has 1 aromatic carbocycles. The Kier molecular flexibility index (Phi) is 3.40. The molecule has 16 heavy (non-hydrogen) atoms. The van der Waals surface area contributed by atoms with Gasteiger partial charge in [-0.3, -0.25) is 5.43 Å². The maximum absolute atomic E-state index is 5.48. The number of fused-ring (bicyclic) bond motifs is 1. The van der Waals surface area contributed by atoms with Gasteiger partial charge in [0.1, 0.15) is 5.75 Å². The van der Waals surface area contributed by atoms with Gasteiger partial charge in [-0.1, -0.05) is 0 Å². The summed E-state index contributed by atoms with van der Waals surface area (Å²) < 4.78 is 6.42. The van der Waals surface area contributed by atoms with E-state index >= 15 is 0 Å². The van der Waals surface area contributed by atoms with E-state index in [4.69, 9.17) is 10.5 Å². The Morgan fingerprint density at radius 2 is 2.44 bits per heavy atom. The first-order valence-electron chi connectivity index (χ1n) is 4.70. The van der Waals surface area contributed by atoms with Crippen LogP contribution >= 0.6 is 28.1 Å². The van der Waals surface area contributed by atoms with Gasteiger partial charge in [-0.2, -0.15) is 5.10 Å². The van der Waals surface area contributed by atoms with E-state index in [1.54, 1.807) is 6.21 Å². The second-order valence-corrected chi connectivity index (χ2v) is 4.62. The van der Waals surface area contributed by atoms with Crippen molar-refractivity contribution in [1.29, 1.82) is 0 Å². The fraction of sp³-hybridized carbons (Fsp3) is 0.200. The Labute approximate surface area is 107 Å². The zero-order chi connectivity index (χ0) is 11.5. The number of rotatable bonds is 2. The highest BCUT2D eigenvalue weighted by molar-refractivity contribution is 9.10. The molecule has 0 radical (unpaired) electrons. The van der Waals surface area contributed by atoms with Crippen molar-refractivity contribution in [3.05, 3.63) is 27.7 Å². The SMILES string of the molecule is NC(=S)NN=Cc1cc(Br)c2c(c1)CCO2. The second-order valence-electron chi connectivity index (χ2n) is 3.32. The van der Waals surface area contributed by atoms with Gasteiger partial charge in [-0.25, -0.2) is 0 Å².